The number of para-hydroxylation sites is 1. The second-order valence-corrected chi connectivity index (χ2v) is 9.45. The summed E-state index contributed by atoms with van der Waals surface area (Å²) >= 11 is 3.41. The number of amides is 1. The van der Waals surface area contributed by atoms with Crippen LogP contribution >= 0.6 is 23.1 Å². The number of fused-ring (bicyclic) bond motifs is 2. The summed E-state index contributed by atoms with van der Waals surface area (Å²) in [5.74, 6) is 0.752. The van der Waals surface area contributed by atoms with Crippen LogP contribution in [-0.4, -0.2) is 28.1 Å². The minimum Gasteiger partial charge on any atom is -0.332 e. The highest BCUT2D eigenvalue weighted by molar-refractivity contribution is 8.00. The lowest BCUT2D eigenvalue weighted by atomic mass is 10.1. The molecule has 0 bridgehead atoms. The molecule has 5 heteroatoms. The molecule has 1 aromatic heterocycles. The number of carbonyl (C=O) groups is 1. The first-order valence-corrected chi connectivity index (χ1v) is 11.5. The topological polar surface area (TPSA) is 33.2 Å². The zero-order valence-electron chi connectivity index (χ0n) is 15.2. The Morgan fingerprint density at radius 2 is 2.04 bits per heavy atom. The van der Waals surface area contributed by atoms with Crippen molar-refractivity contribution in [2.75, 3.05) is 12.3 Å². The fourth-order valence-corrected chi connectivity index (χ4v) is 6.18. The number of likely N-dealkylation sites (tertiary alicyclic amines) is 1. The quantitative estimate of drug-likeness (QED) is 0.567. The Labute approximate surface area is 167 Å². The lowest BCUT2D eigenvalue weighted by Crippen LogP contribution is -2.31. The zero-order chi connectivity index (χ0) is 18.2. The van der Waals surface area contributed by atoms with E-state index in [9.17, 15) is 4.79 Å². The van der Waals surface area contributed by atoms with E-state index < -0.39 is 0 Å². The van der Waals surface area contributed by atoms with Crippen LogP contribution in [0.5, 0.6) is 0 Å². The fraction of sp³-hybridized carbons (Fsp3) is 0.364. The number of thioether (sulfide) groups is 1. The van der Waals surface area contributed by atoms with E-state index in [1.165, 1.54) is 40.0 Å². The maximum absolute atomic E-state index is 12.9. The molecule has 3 aromatic rings. The van der Waals surface area contributed by atoms with E-state index in [4.69, 9.17) is 4.98 Å². The summed E-state index contributed by atoms with van der Waals surface area (Å²) in [4.78, 5) is 21.0. The summed E-state index contributed by atoms with van der Waals surface area (Å²) < 4.78 is 1.21. The predicted octanol–water partition coefficient (Wildman–Crippen LogP) is 5.24. The smallest absolute Gasteiger partial charge is 0.233 e. The van der Waals surface area contributed by atoms with Crippen LogP contribution in [0.3, 0.4) is 0 Å². The van der Waals surface area contributed by atoms with Gasteiger partial charge < -0.3 is 4.90 Å². The SMILES string of the molecule is O=C(CSc1ccc2c(c1)CCC2)N1CCC[C@H]1c1nc2ccccc2s1. The van der Waals surface area contributed by atoms with Gasteiger partial charge in [0.1, 0.15) is 5.01 Å². The van der Waals surface area contributed by atoms with Crippen LogP contribution in [0.15, 0.2) is 47.4 Å². The normalized spacial score (nSPS) is 19.0. The fourth-order valence-electron chi connectivity index (χ4n) is 4.22. The summed E-state index contributed by atoms with van der Waals surface area (Å²) in [5, 5.41) is 1.09. The maximum Gasteiger partial charge on any atom is 0.233 e. The average molecular weight is 395 g/mol. The van der Waals surface area contributed by atoms with Gasteiger partial charge in [-0.3, -0.25) is 4.79 Å². The molecule has 27 heavy (non-hydrogen) atoms. The van der Waals surface area contributed by atoms with Gasteiger partial charge in [-0.25, -0.2) is 4.98 Å². The second kappa shape index (κ2) is 7.28. The molecule has 2 aliphatic rings. The van der Waals surface area contributed by atoms with Gasteiger partial charge in [-0.2, -0.15) is 0 Å². The predicted molar refractivity (Wildman–Crippen MR) is 112 cm³/mol. The summed E-state index contributed by atoms with van der Waals surface area (Å²) in [6, 6.07) is 15.1. The third-order valence-electron chi connectivity index (χ3n) is 5.60. The van der Waals surface area contributed by atoms with Crippen molar-refractivity contribution in [1.29, 1.82) is 0 Å². The average Bonchev–Trinajstić information content (AvgIpc) is 3.43. The van der Waals surface area contributed by atoms with Gasteiger partial charge in [0.25, 0.3) is 0 Å². The number of aryl methyl sites for hydroxylation is 2. The molecule has 2 aromatic carbocycles. The first-order chi connectivity index (χ1) is 13.3. The first-order valence-electron chi connectivity index (χ1n) is 9.67. The standard InChI is InChI=1S/C22H22N2OS2/c25-21(14-26-17-11-10-15-5-3-6-16(15)13-17)24-12-4-8-19(24)22-23-18-7-1-2-9-20(18)27-22/h1-2,7,9-11,13,19H,3-6,8,12,14H2/t19-/m0/s1. The molecule has 0 spiro atoms. The van der Waals surface area contributed by atoms with E-state index >= 15 is 0 Å². The Bertz CT molecular complexity index is 964. The van der Waals surface area contributed by atoms with Crippen LogP contribution in [0.1, 0.15) is 41.4 Å². The number of nitrogens with zero attached hydrogens (tertiary/aromatic N) is 2. The lowest BCUT2D eigenvalue weighted by Gasteiger charge is -2.23. The Kier molecular flexibility index (Phi) is 4.66. The van der Waals surface area contributed by atoms with Gasteiger partial charge in [-0.05, 0) is 67.5 Å². The van der Waals surface area contributed by atoms with Crippen molar-refractivity contribution < 1.29 is 4.79 Å². The van der Waals surface area contributed by atoms with E-state index in [1.807, 2.05) is 6.07 Å². The number of benzene rings is 2. The third-order valence-corrected chi connectivity index (χ3v) is 7.72. The summed E-state index contributed by atoms with van der Waals surface area (Å²) in [7, 11) is 0. The van der Waals surface area contributed by atoms with Crippen LogP contribution in [0, 0.1) is 0 Å². The van der Waals surface area contributed by atoms with Crippen molar-refractivity contribution in [3.63, 3.8) is 0 Å². The van der Waals surface area contributed by atoms with Gasteiger partial charge in [0, 0.05) is 11.4 Å². The molecule has 2 heterocycles. The van der Waals surface area contributed by atoms with Gasteiger partial charge in [0.15, 0.2) is 0 Å². The maximum atomic E-state index is 12.9. The van der Waals surface area contributed by atoms with Crippen LogP contribution in [0.25, 0.3) is 10.2 Å². The van der Waals surface area contributed by atoms with Gasteiger partial charge in [-0.1, -0.05) is 18.2 Å². The van der Waals surface area contributed by atoms with Crippen molar-refractivity contribution in [2.24, 2.45) is 0 Å². The molecule has 1 aliphatic heterocycles. The number of aromatic nitrogens is 1. The summed E-state index contributed by atoms with van der Waals surface area (Å²) in [6.45, 7) is 0.851. The van der Waals surface area contributed by atoms with Crippen LogP contribution in [0.4, 0.5) is 0 Å². The number of hydrogen-bond donors (Lipinski definition) is 0. The molecule has 1 amide bonds. The lowest BCUT2D eigenvalue weighted by molar-refractivity contribution is -0.129. The molecule has 138 valence electrons. The molecule has 1 saturated heterocycles. The van der Waals surface area contributed by atoms with Crippen molar-refractivity contribution >= 4 is 39.2 Å². The first kappa shape index (κ1) is 17.3. The number of hydrogen-bond acceptors (Lipinski definition) is 4. The summed E-state index contributed by atoms with van der Waals surface area (Å²) in [5.41, 5.74) is 4.01. The molecule has 0 N–H and O–H groups in total. The largest absolute Gasteiger partial charge is 0.332 e. The highest BCUT2D eigenvalue weighted by atomic mass is 32.2. The Morgan fingerprint density at radius 3 is 2.96 bits per heavy atom. The van der Waals surface area contributed by atoms with Gasteiger partial charge >= 0.3 is 0 Å². The van der Waals surface area contributed by atoms with Crippen molar-refractivity contribution in [3.8, 4) is 0 Å². The molecule has 1 atom stereocenters. The second-order valence-electron chi connectivity index (χ2n) is 7.34. The minimum atomic E-state index is 0.149. The molecule has 0 saturated carbocycles. The number of rotatable bonds is 4. The van der Waals surface area contributed by atoms with Gasteiger partial charge in [0.2, 0.25) is 5.91 Å². The molecule has 1 fully saturated rings. The van der Waals surface area contributed by atoms with E-state index in [0.717, 1.165) is 29.9 Å². The molecule has 3 nitrogen and oxygen atoms in total. The molecule has 5 rings (SSSR count). The Balaban J connectivity index is 1.29. The van der Waals surface area contributed by atoms with Crippen molar-refractivity contribution in [1.82, 2.24) is 9.88 Å². The molecule has 1 aliphatic carbocycles. The van der Waals surface area contributed by atoms with Gasteiger partial charge in [0.05, 0.1) is 22.0 Å². The van der Waals surface area contributed by atoms with E-state index in [-0.39, 0.29) is 11.9 Å². The van der Waals surface area contributed by atoms with Crippen LogP contribution < -0.4 is 0 Å². The molecular formula is C22H22N2OS2. The molecule has 0 unspecified atom stereocenters. The number of thiazole rings is 1. The van der Waals surface area contributed by atoms with Gasteiger partial charge in [-0.15, -0.1) is 23.1 Å². The van der Waals surface area contributed by atoms with E-state index in [0.29, 0.717) is 5.75 Å². The molecular weight excluding hydrogens is 372 g/mol. The Hall–Kier alpha value is -1.85. The highest BCUT2D eigenvalue weighted by Gasteiger charge is 2.32. The van der Waals surface area contributed by atoms with E-state index in [1.54, 1.807) is 23.1 Å². The van der Waals surface area contributed by atoms with Crippen LogP contribution in [-0.2, 0) is 17.6 Å². The van der Waals surface area contributed by atoms with Crippen LogP contribution in [0.2, 0.25) is 0 Å². The minimum absolute atomic E-state index is 0.149. The zero-order valence-corrected chi connectivity index (χ0v) is 16.8. The molecule has 0 radical (unpaired) electrons. The summed E-state index contributed by atoms with van der Waals surface area (Å²) in [6.07, 6.45) is 5.74. The van der Waals surface area contributed by atoms with Crippen molar-refractivity contribution in [2.45, 2.75) is 43.0 Å². The third kappa shape index (κ3) is 3.39. The highest BCUT2D eigenvalue weighted by Crippen LogP contribution is 2.37. The monoisotopic (exact) mass is 394 g/mol. The van der Waals surface area contributed by atoms with E-state index in [2.05, 4.69) is 41.3 Å². The number of carbonyl (C=O) groups excluding carboxylic acids is 1. The van der Waals surface area contributed by atoms with Crippen molar-refractivity contribution in [3.05, 3.63) is 58.6 Å². The Morgan fingerprint density at radius 1 is 1.15 bits per heavy atom.